The van der Waals surface area contributed by atoms with Crippen molar-refractivity contribution >= 4 is 33.8 Å². The number of phenols is 1. The molecule has 0 bridgehead atoms. The van der Waals surface area contributed by atoms with Crippen LogP contribution in [-0.2, 0) is 11.3 Å². The average Bonchev–Trinajstić information content (AvgIpc) is 2.73. The van der Waals surface area contributed by atoms with Crippen molar-refractivity contribution in [1.29, 1.82) is 0 Å². The number of alkyl carbamates (subject to hydrolysis) is 1. The van der Waals surface area contributed by atoms with Crippen LogP contribution in [0.15, 0.2) is 34.9 Å². The maximum absolute atomic E-state index is 12.0. The van der Waals surface area contributed by atoms with Crippen LogP contribution in [0, 0.1) is 5.92 Å². The number of hydrogen-bond donors (Lipinski definition) is 4. The van der Waals surface area contributed by atoms with Gasteiger partial charge in [0.25, 0.3) is 0 Å². The maximum atomic E-state index is 12.0. The Kier molecular flexibility index (Phi) is 8.17. The number of ether oxygens (including phenoxy) is 1. The van der Waals surface area contributed by atoms with E-state index in [4.69, 9.17) is 4.74 Å². The quantitative estimate of drug-likeness (QED) is 0.416. The smallest absolute Gasteiger partial charge is 0.407 e. The van der Waals surface area contributed by atoms with Crippen molar-refractivity contribution in [3.63, 3.8) is 0 Å². The Balaban J connectivity index is 1.45. The van der Waals surface area contributed by atoms with Gasteiger partial charge < -0.3 is 25.8 Å². The zero-order valence-corrected chi connectivity index (χ0v) is 20.4. The van der Waals surface area contributed by atoms with Gasteiger partial charge in [0.2, 0.25) is 5.95 Å². The Labute approximate surface area is 197 Å². The fourth-order valence-corrected chi connectivity index (χ4v) is 3.97. The highest BCUT2D eigenvalue weighted by atomic mass is 79.9. The van der Waals surface area contributed by atoms with E-state index in [0.717, 1.165) is 48.1 Å². The van der Waals surface area contributed by atoms with Crippen molar-refractivity contribution in [3.8, 4) is 5.75 Å². The third-order valence-corrected chi connectivity index (χ3v) is 5.88. The molecule has 174 valence electrons. The first-order chi connectivity index (χ1) is 15.2. The molecule has 1 saturated carbocycles. The molecule has 9 heteroatoms. The predicted octanol–water partition coefficient (Wildman–Crippen LogP) is 5.05. The van der Waals surface area contributed by atoms with Crippen LogP contribution in [0.25, 0.3) is 0 Å². The van der Waals surface area contributed by atoms with Gasteiger partial charge in [-0.2, -0.15) is 4.98 Å². The van der Waals surface area contributed by atoms with Gasteiger partial charge in [-0.3, -0.25) is 0 Å². The first-order valence-corrected chi connectivity index (χ1v) is 11.8. The van der Waals surface area contributed by atoms with E-state index in [9.17, 15) is 9.90 Å². The molecule has 2 aromatic rings. The second kappa shape index (κ2) is 10.8. The summed E-state index contributed by atoms with van der Waals surface area (Å²) in [5.74, 6) is 1.97. The minimum Gasteiger partial charge on any atom is -0.508 e. The minimum absolute atomic E-state index is 0.164. The third kappa shape index (κ3) is 7.55. The summed E-state index contributed by atoms with van der Waals surface area (Å²) < 4.78 is 6.15. The number of phenolic OH excluding ortho intramolecular Hbond substituents is 1. The molecule has 0 unspecified atom stereocenters. The number of rotatable bonds is 7. The molecule has 1 aromatic carbocycles. The van der Waals surface area contributed by atoms with Crippen LogP contribution >= 0.6 is 15.9 Å². The van der Waals surface area contributed by atoms with Crippen LogP contribution in [-0.4, -0.2) is 39.4 Å². The highest BCUT2D eigenvalue weighted by Gasteiger charge is 2.25. The lowest BCUT2D eigenvalue weighted by molar-refractivity contribution is 0.0488. The Bertz CT molecular complexity index is 911. The van der Waals surface area contributed by atoms with Crippen molar-refractivity contribution in [2.75, 3.05) is 17.2 Å². The number of para-hydroxylation sites is 1. The average molecular weight is 506 g/mol. The first kappa shape index (κ1) is 24.1. The lowest BCUT2D eigenvalue weighted by atomic mass is 9.86. The number of benzene rings is 1. The molecular formula is C23H32BrN5O3. The van der Waals surface area contributed by atoms with E-state index in [1.807, 2.05) is 32.9 Å². The normalized spacial score (nSPS) is 18.6. The maximum Gasteiger partial charge on any atom is 0.407 e. The van der Waals surface area contributed by atoms with Crippen molar-refractivity contribution in [2.24, 2.45) is 5.92 Å². The van der Waals surface area contributed by atoms with Crippen molar-refractivity contribution in [1.82, 2.24) is 15.3 Å². The molecule has 1 aromatic heterocycles. The molecule has 0 aliphatic heterocycles. The highest BCUT2D eigenvalue weighted by molar-refractivity contribution is 9.10. The van der Waals surface area contributed by atoms with E-state index >= 15 is 0 Å². The summed E-state index contributed by atoms with van der Waals surface area (Å²) in [6, 6.07) is 7.35. The second-order valence-corrected chi connectivity index (χ2v) is 9.97. The molecule has 0 spiro atoms. The van der Waals surface area contributed by atoms with E-state index < -0.39 is 5.60 Å². The van der Waals surface area contributed by atoms with Gasteiger partial charge in [0, 0.05) is 30.9 Å². The highest BCUT2D eigenvalue weighted by Crippen LogP contribution is 2.27. The standard InChI is InChI=1S/C23H32BrN5O3/c1-23(2,3)32-22(31)28-17-10-8-15(9-11-17)12-25-20-18(24)14-27-21(29-20)26-13-16-6-4-5-7-19(16)30/h4-7,14-15,17,30H,8-13H2,1-3H3,(H,28,31)(H2,25,26,27,29)/t15-,17-. The Hall–Kier alpha value is -2.55. The summed E-state index contributed by atoms with van der Waals surface area (Å²) >= 11 is 3.51. The van der Waals surface area contributed by atoms with Crippen molar-refractivity contribution in [2.45, 2.75) is 64.6 Å². The van der Waals surface area contributed by atoms with Gasteiger partial charge in [-0.15, -0.1) is 0 Å². The zero-order valence-electron chi connectivity index (χ0n) is 18.8. The Morgan fingerprint density at radius 2 is 1.91 bits per heavy atom. The number of nitrogens with zero attached hydrogens (tertiary/aromatic N) is 2. The summed E-state index contributed by atoms with van der Waals surface area (Å²) in [6.45, 7) is 6.84. The van der Waals surface area contributed by atoms with Crippen LogP contribution in [0.2, 0.25) is 0 Å². The summed E-state index contributed by atoms with van der Waals surface area (Å²) in [5, 5.41) is 19.5. The largest absolute Gasteiger partial charge is 0.508 e. The fourth-order valence-electron chi connectivity index (χ4n) is 3.64. The van der Waals surface area contributed by atoms with E-state index in [1.54, 1.807) is 18.3 Å². The topological polar surface area (TPSA) is 108 Å². The molecule has 0 saturated heterocycles. The van der Waals surface area contributed by atoms with Gasteiger partial charge in [-0.25, -0.2) is 9.78 Å². The van der Waals surface area contributed by atoms with Crippen molar-refractivity contribution < 1.29 is 14.6 Å². The number of aromatic hydroxyl groups is 1. The summed E-state index contributed by atoms with van der Waals surface area (Å²) in [7, 11) is 0. The molecule has 0 radical (unpaired) electrons. The summed E-state index contributed by atoms with van der Waals surface area (Å²) in [6.07, 6.45) is 5.29. The Morgan fingerprint density at radius 1 is 1.19 bits per heavy atom. The van der Waals surface area contributed by atoms with E-state index in [-0.39, 0.29) is 17.9 Å². The number of carbonyl (C=O) groups is 1. The molecule has 1 aliphatic carbocycles. The molecule has 4 N–H and O–H groups in total. The van der Waals surface area contributed by atoms with Crippen LogP contribution < -0.4 is 16.0 Å². The summed E-state index contributed by atoms with van der Waals surface area (Å²) in [4.78, 5) is 20.8. The van der Waals surface area contributed by atoms with Gasteiger partial charge in [0.15, 0.2) is 0 Å². The molecule has 1 fully saturated rings. The van der Waals surface area contributed by atoms with E-state index in [1.165, 1.54) is 0 Å². The monoisotopic (exact) mass is 505 g/mol. The van der Waals surface area contributed by atoms with Crippen LogP contribution in [0.5, 0.6) is 5.75 Å². The SMILES string of the molecule is CC(C)(C)OC(=O)N[C@H]1CC[C@H](CNc2nc(NCc3ccccc3O)ncc2Br)CC1. The number of carbonyl (C=O) groups excluding carboxylic acids is 1. The van der Waals surface area contributed by atoms with E-state index in [0.29, 0.717) is 18.4 Å². The molecular weight excluding hydrogens is 474 g/mol. The van der Waals surface area contributed by atoms with Crippen LogP contribution in [0.1, 0.15) is 52.0 Å². The molecule has 1 amide bonds. The van der Waals surface area contributed by atoms with Crippen LogP contribution in [0.3, 0.4) is 0 Å². The Morgan fingerprint density at radius 3 is 2.59 bits per heavy atom. The molecule has 32 heavy (non-hydrogen) atoms. The summed E-state index contributed by atoms with van der Waals surface area (Å²) in [5.41, 5.74) is 0.302. The van der Waals surface area contributed by atoms with Gasteiger partial charge >= 0.3 is 6.09 Å². The third-order valence-electron chi connectivity index (χ3n) is 5.30. The van der Waals surface area contributed by atoms with Crippen LogP contribution in [0.4, 0.5) is 16.6 Å². The number of nitrogens with one attached hydrogen (secondary N) is 3. The number of anilines is 2. The molecule has 0 atom stereocenters. The zero-order chi connectivity index (χ0) is 23.1. The molecule has 8 nitrogen and oxygen atoms in total. The minimum atomic E-state index is -0.481. The number of amides is 1. The number of hydrogen-bond acceptors (Lipinski definition) is 7. The predicted molar refractivity (Wildman–Crippen MR) is 129 cm³/mol. The van der Waals surface area contributed by atoms with Gasteiger partial charge in [0.1, 0.15) is 17.2 Å². The van der Waals surface area contributed by atoms with Gasteiger partial charge in [0.05, 0.1) is 4.47 Å². The molecule has 1 aliphatic rings. The number of aromatic nitrogens is 2. The first-order valence-electron chi connectivity index (χ1n) is 11.0. The van der Waals surface area contributed by atoms with Gasteiger partial charge in [-0.05, 0) is 74.4 Å². The number of halogens is 1. The lowest BCUT2D eigenvalue weighted by Gasteiger charge is -2.30. The lowest BCUT2D eigenvalue weighted by Crippen LogP contribution is -2.41. The van der Waals surface area contributed by atoms with E-state index in [2.05, 4.69) is 41.8 Å². The molecule has 1 heterocycles. The van der Waals surface area contributed by atoms with Crippen molar-refractivity contribution in [3.05, 3.63) is 40.5 Å². The fraction of sp³-hybridized carbons (Fsp3) is 0.522. The molecule has 3 rings (SSSR count). The second-order valence-electron chi connectivity index (χ2n) is 9.12. The van der Waals surface area contributed by atoms with Gasteiger partial charge in [-0.1, -0.05) is 18.2 Å².